The van der Waals surface area contributed by atoms with Crippen molar-refractivity contribution in [3.8, 4) is 11.1 Å². The molecule has 174 valence electrons. The van der Waals surface area contributed by atoms with Crippen molar-refractivity contribution < 1.29 is 29.3 Å². The van der Waals surface area contributed by atoms with Crippen molar-refractivity contribution in [1.29, 1.82) is 0 Å². The molecule has 4 N–H and O–H groups in total. The first-order valence-corrected chi connectivity index (χ1v) is 11.1. The summed E-state index contributed by atoms with van der Waals surface area (Å²) < 4.78 is 5.57. The molecular weight excluding hydrogens is 424 g/mol. The van der Waals surface area contributed by atoms with Crippen LogP contribution in [0.5, 0.6) is 0 Å². The van der Waals surface area contributed by atoms with Gasteiger partial charge in [0.25, 0.3) is 0 Å². The maximum Gasteiger partial charge on any atom is 0.407 e. The number of amides is 2. The van der Waals surface area contributed by atoms with Crippen LogP contribution in [0, 0.1) is 5.92 Å². The minimum atomic E-state index is -2.02. The molecule has 2 aliphatic carbocycles. The molecule has 0 radical (unpaired) electrons. The van der Waals surface area contributed by atoms with E-state index >= 15 is 0 Å². The van der Waals surface area contributed by atoms with Gasteiger partial charge in [0.05, 0.1) is 6.54 Å². The lowest BCUT2D eigenvalue weighted by atomic mass is 9.98. The first-order chi connectivity index (χ1) is 15.8. The van der Waals surface area contributed by atoms with E-state index in [2.05, 4.69) is 34.9 Å². The normalized spacial score (nSPS) is 20.9. The number of nitrogens with one attached hydrogen (secondary N) is 2. The van der Waals surface area contributed by atoms with Gasteiger partial charge in [-0.25, -0.2) is 9.59 Å². The van der Waals surface area contributed by atoms with Gasteiger partial charge in [-0.3, -0.25) is 4.79 Å². The molecule has 8 heteroatoms. The first-order valence-electron chi connectivity index (χ1n) is 11.1. The molecule has 0 heterocycles. The van der Waals surface area contributed by atoms with Crippen LogP contribution >= 0.6 is 0 Å². The summed E-state index contributed by atoms with van der Waals surface area (Å²) in [6.07, 6.45) is 1.11. The predicted molar refractivity (Wildman–Crippen MR) is 121 cm³/mol. The third-order valence-electron chi connectivity index (χ3n) is 6.54. The predicted octanol–water partition coefficient (Wildman–Crippen LogP) is 2.65. The zero-order chi connectivity index (χ0) is 23.6. The van der Waals surface area contributed by atoms with Crippen LogP contribution in [0.1, 0.15) is 43.2 Å². The molecule has 0 aromatic heterocycles. The maximum absolute atomic E-state index is 12.5. The number of fused-ring (bicyclic) bond motifs is 3. The number of aliphatic carboxylic acids is 1. The number of rotatable bonds is 7. The summed E-state index contributed by atoms with van der Waals surface area (Å²) in [5.41, 5.74) is 2.58. The number of alkyl carbamates (subject to hydrolysis) is 1. The lowest BCUT2D eigenvalue weighted by Crippen LogP contribution is -2.47. The molecule has 0 spiro atoms. The molecule has 0 aliphatic heterocycles. The molecule has 8 nitrogen and oxygen atoms in total. The van der Waals surface area contributed by atoms with E-state index in [1.54, 1.807) is 0 Å². The van der Waals surface area contributed by atoms with Gasteiger partial charge in [-0.1, -0.05) is 48.5 Å². The Morgan fingerprint density at radius 3 is 2.24 bits per heavy atom. The number of ether oxygens (including phenoxy) is 1. The van der Waals surface area contributed by atoms with E-state index in [-0.39, 0.29) is 36.9 Å². The van der Waals surface area contributed by atoms with Gasteiger partial charge in [-0.05, 0) is 48.4 Å². The number of benzene rings is 2. The zero-order valence-electron chi connectivity index (χ0n) is 18.4. The third kappa shape index (κ3) is 4.85. The Balaban J connectivity index is 1.28. The number of hydrogen-bond donors (Lipinski definition) is 4. The van der Waals surface area contributed by atoms with E-state index in [1.165, 1.54) is 0 Å². The monoisotopic (exact) mass is 452 g/mol. The summed E-state index contributed by atoms with van der Waals surface area (Å²) in [6, 6.07) is 16.0. The van der Waals surface area contributed by atoms with Crippen LogP contribution in [-0.2, 0) is 14.3 Å². The van der Waals surface area contributed by atoms with Gasteiger partial charge in [0.15, 0.2) is 5.60 Å². The number of carbonyl (C=O) groups excluding carboxylic acids is 2. The van der Waals surface area contributed by atoms with Crippen LogP contribution in [-0.4, -0.2) is 53.0 Å². The Kier molecular flexibility index (Phi) is 6.37. The molecule has 1 saturated carbocycles. The highest BCUT2D eigenvalue weighted by Gasteiger charge is 2.35. The number of carboxylic acid groups (broad SMARTS) is 1. The number of carboxylic acids is 1. The van der Waals surface area contributed by atoms with Crippen LogP contribution in [0.25, 0.3) is 11.1 Å². The minimum absolute atomic E-state index is 0.0210. The Bertz CT molecular complexity index is 1020. The second-order valence-electron chi connectivity index (χ2n) is 8.97. The molecule has 0 saturated heterocycles. The van der Waals surface area contributed by atoms with E-state index < -0.39 is 17.7 Å². The fraction of sp³-hybridized carbons (Fsp3) is 0.400. The van der Waals surface area contributed by atoms with Crippen molar-refractivity contribution in [3.05, 3.63) is 59.7 Å². The van der Waals surface area contributed by atoms with Crippen molar-refractivity contribution in [2.24, 2.45) is 5.92 Å². The van der Waals surface area contributed by atoms with Gasteiger partial charge in [0.1, 0.15) is 6.61 Å². The van der Waals surface area contributed by atoms with Gasteiger partial charge >= 0.3 is 12.1 Å². The van der Waals surface area contributed by atoms with Gasteiger partial charge in [-0.15, -0.1) is 0 Å². The fourth-order valence-electron chi connectivity index (χ4n) is 4.64. The van der Waals surface area contributed by atoms with Crippen molar-refractivity contribution in [2.75, 3.05) is 13.2 Å². The second kappa shape index (κ2) is 9.23. The molecule has 2 amide bonds. The minimum Gasteiger partial charge on any atom is -0.479 e. The van der Waals surface area contributed by atoms with Crippen molar-refractivity contribution in [2.45, 2.75) is 43.7 Å². The summed E-state index contributed by atoms with van der Waals surface area (Å²) in [7, 11) is 0. The molecule has 2 aromatic rings. The van der Waals surface area contributed by atoms with Crippen LogP contribution in [0.4, 0.5) is 4.79 Å². The molecule has 33 heavy (non-hydrogen) atoms. The number of aliphatic hydroxyl groups is 1. The number of hydrogen-bond acceptors (Lipinski definition) is 5. The molecule has 2 aromatic carbocycles. The van der Waals surface area contributed by atoms with Crippen LogP contribution < -0.4 is 10.6 Å². The molecule has 0 bridgehead atoms. The Hall–Kier alpha value is -3.39. The average molecular weight is 453 g/mol. The SMILES string of the molecule is CC(O)(CNC(=O)[C@@H]1CC[C@H](NC(=O)OCC2c3ccccc3-c3ccccc32)C1)C(=O)O. The van der Waals surface area contributed by atoms with Gasteiger partial charge in [-0.2, -0.15) is 0 Å². The van der Waals surface area contributed by atoms with E-state index in [1.807, 2.05) is 24.3 Å². The summed E-state index contributed by atoms with van der Waals surface area (Å²) in [5.74, 6) is -2.10. The molecule has 3 atom stereocenters. The van der Waals surface area contributed by atoms with Gasteiger partial charge in [0, 0.05) is 17.9 Å². The summed E-state index contributed by atoms with van der Waals surface area (Å²) in [5, 5.41) is 24.0. The van der Waals surface area contributed by atoms with E-state index in [0.717, 1.165) is 29.2 Å². The Morgan fingerprint density at radius 1 is 1.03 bits per heavy atom. The van der Waals surface area contributed by atoms with Gasteiger partial charge < -0.3 is 25.6 Å². The van der Waals surface area contributed by atoms with Crippen LogP contribution in [0.2, 0.25) is 0 Å². The molecule has 1 unspecified atom stereocenters. The molecule has 2 aliphatic rings. The lowest BCUT2D eigenvalue weighted by molar-refractivity contribution is -0.156. The summed E-state index contributed by atoms with van der Waals surface area (Å²) in [4.78, 5) is 35.7. The van der Waals surface area contributed by atoms with Crippen LogP contribution in [0.15, 0.2) is 48.5 Å². The summed E-state index contributed by atoms with van der Waals surface area (Å²) in [6.45, 7) is 0.981. The number of carbonyl (C=O) groups is 3. The Labute approximate surface area is 192 Å². The zero-order valence-corrected chi connectivity index (χ0v) is 18.4. The quantitative estimate of drug-likeness (QED) is 0.512. The topological polar surface area (TPSA) is 125 Å². The van der Waals surface area contributed by atoms with E-state index in [9.17, 15) is 19.5 Å². The van der Waals surface area contributed by atoms with Crippen molar-refractivity contribution >= 4 is 18.0 Å². The average Bonchev–Trinajstić information content (AvgIpc) is 3.39. The fourth-order valence-corrected chi connectivity index (χ4v) is 4.64. The standard InChI is InChI=1S/C25H28N2O6/c1-25(32,23(29)30)14-26-22(28)15-10-11-16(12-15)27-24(31)33-13-21-19-8-4-2-6-17(19)18-7-3-5-9-20(18)21/h2-9,15-16,21,32H,10-14H2,1H3,(H,26,28)(H,27,31)(H,29,30)/t15-,16+,25?/m1/s1. The lowest BCUT2D eigenvalue weighted by Gasteiger charge is -2.20. The van der Waals surface area contributed by atoms with E-state index in [0.29, 0.717) is 19.3 Å². The smallest absolute Gasteiger partial charge is 0.407 e. The Morgan fingerprint density at radius 2 is 1.64 bits per heavy atom. The maximum atomic E-state index is 12.5. The second-order valence-corrected chi connectivity index (χ2v) is 8.97. The molecular formula is C25H28N2O6. The van der Waals surface area contributed by atoms with E-state index in [4.69, 9.17) is 9.84 Å². The third-order valence-corrected chi connectivity index (χ3v) is 6.54. The van der Waals surface area contributed by atoms with Gasteiger partial charge in [0.2, 0.25) is 5.91 Å². The van der Waals surface area contributed by atoms with Crippen LogP contribution in [0.3, 0.4) is 0 Å². The van der Waals surface area contributed by atoms with Crippen molar-refractivity contribution in [3.63, 3.8) is 0 Å². The van der Waals surface area contributed by atoms with Crippen molar-refractivity contribution in [1.82, 2.24) is 10.6 Å². The highest BCUT2D eigenvalue weighted by atomic mass is 16.5. The largest absolute Gasteiger partial charge is 0.479 e. The molecule has 1 fully saturated rings. The first kappa shape index (κ1) is 22.8. The highest BCUT2D eigenvalue weighted by Crippen LogP contribution is 2.44. The molecule has 4 rings (SSSR count). The summed E-state index contributed by atoms with van der Waals surface area (Å²) >= 11 is 0. The highest BCUT2D eigenvalue weighted by molar-refractivity contribution is 5.82.